The average Bonchev–Trinajstić information content (AvgIpc) is 3.28. The minimum Gasteiger partial charge on any atom is -0.459 e. The Balaban J connectivity index is 1.53. The van der Waals surface area contributed by atoms with Crippen LogP contribution in [-0.2, 0) is 18.9 Å². The number of carbonyl (C=O) groups is 3. The summed E-state index contributed by atoms with van der Waals surface area (Å²) in [6.45, 7) is -0.512. The highest BCUT2D eigenvalue weighted by Gasteiger charge is 2.49. The lowest BCUT2D eigenvalue weighted by Crippen LogP contribution is -2.41. The van der Waals surface area contributed by atoms with Crippen LogP contribution in [0.4, 0.5) is 17.1 Å². The molecule has 17 heteroatoms. The van der Waals surface area contributed by atoms with Crippen molar-refractivity contribution in [2.45, 2.75) is 23.3 Å². The van der Waals surface area contributed by atoms with E-state index in [-0.39, 0.29) is 33.8 Å². The summed E-state index contributed by atoms with van der Waals surface area (Å²) in [6.07, 6.45) is -3.88. The lowest BCUT2D eigenvalue weighted by molar-refractivity contribution is -0.385. The number of non-ortho nitro benzene ring substituents is 3. The molecule has 1 heterocycles. The normalized spacial score (nSPS) is 19.2. The number of benzene rings is 3. The molecule has 0 saturated carbocycles. The van der Waals surface area contributed by atoms with Gasteiger partial charge in [0.05, 0.1) is 31.5 Å². The lowest BCUT2D eigenvalue weighted by Gasteiger charge is -2.23. The van der Waals surface area contributed by atoms with E-state index in [4.69, 9.17) is 18.9 Å². The van der Waals surface area contributed by atoms with Crippen LogP contribution in [0.25, 0.3) is 0 Å². The third kappa shape index (κ3) is 7.32. The molecule has 0 radical (unpaired) electrons. The zero-order chi connectivity index (χ0) is 31.3. The van der Waals surface area contributed by atoms with Crippen LogP contribution in [0.5, 0.6) is 0 Å². The van der Waals surface area contributed by atoms with Crippen LogP contribution in [-0.4, -0.2) is 62.6 Å². The maximum Gasteiger partial charge on any atom is 0.338 e. The van der Waals surface area contributed by atoms with Crippen LogP contribution in [0.1, 0.15) is 31.1 Å². The Hall–Kier alpha value is -5.29. The third-order valence-electron chi connectivity index (χ3n) is 6.06. The van der Waals surface area contributed by atoms with Gasteiger partial charge in [-0.15, -0.1) is 0 Å². The van der Waals surface area contributed by atoms with Gasteiger partial charge in [0.25, 0.3) is 17.1 Å². The molecule has 0 N–H and O–H groups in total. The Morgan fingerprint density at radius 3 is 1.35 bits per heavy atom. The molecule has 1 fully saturated rings. The van der Waals surface area contributed by atoms with E-state index in [1.54, 1.807) is 0 Å². The number of nitrogens with zero attached hydrogens (tertiary/aromatic N) is 3. The van der Waals surface area contributed by atoms with E-state index in [1.807, 2.05) is 0 Å². The van der Waals surface area contributed by atoms with E-state index in [0.717, 1.165) is 48.5 Å². The van der Waals surface area contributed by atoms with Crippen molar-refractivity contribution in [3.63, 3.8) is 0 Å². The van der Waals surface area contributed by atoms with Crippen LogP contribution >= 0.6 is 15.9 Å². The van der Waals surface area contributed by atoms with Crippen LogP contribution < -0.4 is 0 Å². The van der Waals surface area contributed by atoms with Gasteiger partial charge in [-0.05, 0) is 36.4 Å². The van der Waals surface area contributed by atoms with Gasteiger partial charge in [-0.25, -0.2) is 14.4 Å². The molecule has 222 valence electrons. The van der Waals surface area contributed by atoms with Crippen molar-refractivity contribution in [2.24, 2.45) is 0 Å². The molecule has 0 spiro atoms. The molecule has 3 aromatic rings. The molecule has 43 heavy (non-hydrogen) atoms. The first-order chi connectivity index (χ1) is 20.4. The van der Waals surface area contributed by atoms with E-state index >= 15 is 0 Å². The average molecular weight is 660 g/mol. The smallest absolute Gasteiger partial charge is 0.338 e. The molecule has 4 atom stereocenters. The minimum absolute atomic E-state index is 0.0143. The van der Waals surface area contributed by atoms with Crippen molar-refractivity contribution in [1.29, 1.82) is 0 Å². The van der Waals surface area contributed by atoms with Gasteiger partial charge < -0.3 is 18.9 Å². The second kappa shape index (κ2) is 13.1. The maximum atomic E-state index is 13.0. The highest BCUT2D eigenvalue weighted by molar-refractivity contribution is 9.09. The van der Waals surface area contributed by atoms with E-state index in [9.17, 15) is 44.7 Å². The van der Waals surface area contributed by atoms with Crippen LogP contribution in [0.15, 0.2) is 72.8 Å². The van der Waals surface area contributed by atoms with E-state index in [1.165, 1.54) is 24.3 Å². The second-order valence-electron chi connectivity index (χ2n) is 8.78. The van der Waals surface area contributed by atoms with E-state index < -0.39 is 62.6 Å². The number of esters is 3. The van der Waals surface area contributed by atoms with Crippen molar-refractivity contribution in [3.8, 4) is 0 Å². The molecule has 1 aliphatic rings. The zero-order valence-corrected chi connectivity index (χ0v) is 23.1. The molecular formula is C26H18BrN3O13. The van der Waals surface area contributed by atoms with E-state index in [2.05, 4.69) is 15.9 Å². The van der Waals surface area contributed by atoms with Crippen LogP contribution in [0, 0.1) is 30.3 Å². The molecule has 0 aromatic heterocycles. The monoisotopic (exact) mass is 659 g/mol. The fraction of sp³-hybridized carbons (Fsp3) is 0.192. The first-order valence-electron chi connectivity index (χ1n) is 12.1. The molecule has 3 aromatic carbocycles. The number of hydrogen-bond donors (Lipinski definition) is 0. The maximum absolute atomic E-state index is 13.0. The standard InChI is InChI=1S/C26H18BrN3O13/c27-23-22(43-26(33)16-5-11-19(12-6-16)30(38)39)21(42-25(32)15-3-9-18(10-4-15)29(36)37)20(41-23)13-40-24(31)14-1-7-17(8-2-14)28(34)35/h1-12,20-23H,13H2/t20-,21-,22-,23?/m1/s1. The van der Waals surface area contributed by atoms with Gasteiger partial charge in [0.1, 0.15) is 12.7 Å². The van der Waals surface area contributed by atoms with Gasteiger partial charge in [-0.3, -0.25) is 30.3 Å². The lowest BCUT2D eigenvalue weighted by atomic mass is 10.1. The Morgan fingerprint density at radius 2 is 0.977 bits per heavy atom. The molecule has 0 amide bonds. The topological polar surface area (TPSA) is 218 Å². The third-order valence-corrected chi connectivity index (χ3v) is 6.80. The first-order valence-corrected chi connectivity index (χ1v) is 13.0. The Labute approximate surface area is 248 Å². The summed E-state index contributed by atoms with van der Waals surface area (Å²) >= 11 is 3.20. The largest absolute Gasteiger partial charge is 0.459 e. The Bertz CT molecular complexity index is 1560. The highest BCUT2D eigenvalue weighted by atomic mass is 79.9. The molecule has 0 aliphatic carbocycles. The van der Waals surface area contributed by atoms with Gasteiger partial charge in [0.15, 0.2) is 17.2 Å². The quantitative estimate of drug-likeness (QED) is 0.0983. The molecule has 0 bridgehead atoms. The molecular weight excluding hydrogens is 642 g/mol. The van der Waals surface area contributed by atoms with Crippen molar-refractivity contribution >= 4 is 50.9 Å². The number of alkyl halides is 1. The number of carbonyl (C=O) groups excluding carboxylic acids is 3. The van der Waals surface area contributed by atoms with Gasteiger partial charge in [-0.1, -0.05) is 15.9 Å². The summed E-state index contributed by atoms with van der Waals surface area (Å²) < 4.78 is 22.1. The molecule has 1 unspecified atom stereocenters. The van der Waals surface area contributed by atoms with Gasteiger partial charge in [0.2, 0.25) is 0 Å². The van der Waals surface area contributed by atoms with Gasteiger partial charge in [-0.2, -0.15) is 0 Å². The predicted octanol–water partition coefficient (Wildman–Crippen LogP) is 4.14. The van der Waals surface area contributed by atoms with Crippen LogP contribution in [0.2, 0.25) is 0 Å². The number of nitro groups is 3. The number of ether oxygens (including phenoxy) is 4. The summed E-state index contributed by atoms with van der Waals surface area (Å²) in [6, 6.07) is 13.6. The summed E-state index contributed by atoms with van der Waals surface area (Å²) in [5, 5.41) is 31.6. The Kier molecular flexibility index (Phi) is 9.36. The van der Waals surface area contributed by atoms with Crippen molar-refractivity contribution < 1.29 is 48.1 Å². The Morgan fingerprint density at radius 1 is 0.628 bits per heavy atom. The molecule has 1 aliphatic heterocycles. The van der Waals surface area contributed by atoms with Crippen molar-refractivity contribution in [1.82, 2.24) is 0 Å². The minimum atomic E-state index is -1.38. The SMILES string of the molecule is O=C(OC[C@H]1OC(Br)[C@H](OC(=O)c2ccc([N+](=O)[O-])cc2)[C@@H]1OC(=O)c1ccc([N+](=O)[O-])cc1)c1ccc([N+](=O)[O-])cc1. The van der Waals surface area contributed by atoms with Crippen molar-refractivity contribution in [2.75, 3.05) is 6.61 Å². The summed E-state index contributed by atoms with van der Waals surface area (Å²) in [5.74, 6) is -2.78. The fourth-order valence-corrected chi connectivity index (χ4v) is 4.55. The van der Waals surface area contributed by atoms with Gasteiger partial charge >= 0.3 is 17.9 Å². The molecule has 16 nitrogen and oxygen atoms in total. The number of halogens is 1. The predicted molar refractivity (Wildman–Crippen MR) is 146 cm³/mol. The van der Waals surface area contributed by atoms with E-state index in [0.29, 0.717) is 0 Å². The molecule has 4 rings (SSSR count). The first kappa shape index (κ1) is 30.7. The van der Waals surface area contributed by atoms with Crippen LogP contribution in [0.3, 0.4) is 0 Å². The van der Waals surface area contributed by atoms with Crippen molar-refractivity contribution in [3.05, 3.63) is 120 Å². The summed E-state index contributed by atoms with van der Waals surface area (Å²) in [7, 11) is 0. The number of rotatable bonds is 10. The number of hydrogen-bond acceptors (Lipinski definition) is 13. The fourth-order valence-electron chi connectivity index (χ4n) is 3.86. The number of nitro benzene ring substituents is 3. The van der Waals surface area contributed by atoms with Gasteiger partial charge in [0, 0.05) is 36.4 Å². The summed E-state index contributed by atoms with van der Waals surface area (Å²) in [4.78, 5) is 69.2. The highest BCUT2D eigenvalue weighted by Crippen LogP contribution is 2.32. The second-order valence-corrected chi connectivity index (χ2v) is 9.68. The zero-order valence-electron chi connectivity index (χ0n) is 21.5. The molecule has 1 saturated heterocycles. The summed E-state index contributed by atoms with van der Waals surface area (Å²) in [5.41, 5.74) is -0.922.